The van der Waals surface area contributed by atoms with Crippen molar-refractivity contribution in [3.05, 3.63) is 35.4 Å². The minimum atomic E-state index is -0.803. The van der Waals surface area contributed by atoms with Gasteiger partial charge in [-0.25, -0.2) is 4.79 Å². The van der Waals surface area contributed by atoms with E-state index in [4.69, 9.17) is 4.74 Å². The summed E-state index contributed by atoms with van der Waals surface area (Å²) in [4.78, 5) is 42.7. The molecule has 0 saturated carbocycles. The van der Waals surface area contributed by atoms with Gasteiger partial charge in [-0.2, -0.15) is 0 Å². The first-order chi connectivity index (χ1) is 18.8. The summed E-state index contributed by atoms with van der Waals surface area (Å²) >= 11 is 0. The van der Waals surface area contributed by atoms with Gasteiger partial charge in [0.15, 0.2) is 0 Å². The van der Waals surface area contributed by atoms with Crippen LogP contribution >= 0.6 is 0 Å². The summed E-state index contributed by atoms with van der Waals surface area (Å²) in [7, 11) is 0. The maximum absolute atomic E-state index is 14.3. The van der Waals surface area contributed by atoms with Crippen LogP contribution in [0.1, 0.15) is 130 Å². The molecule has 1 aromatic carbocycles. The maximum atomic E-state index is 14.3. The molecular formula is C33H57N3O4. The lowest BCUT2D eigenvalue weighted by Gasteiger charge is -2.35. The zero-order chi connectivity index (χ0) is 30.3. The van der Waals surface area contributed by atoms with Crippen molar-refractivity contribution in [2.75, 3.05) is 6.54 Å². The van der Waals surface area contributed by atoms with Gasteiger partial charge in [-0.15, -0.1) is 0 Å². The number of carbonyl (C=O) groups excluding carboxylic acids is 3. The van der Waals surface area contributed by atoms with Gasteiger partial charge >= 0.3 is 6.09 Å². The van der Waals surface area contributed by atoms with E-state index in [0.717, 1.165) is 49.7 Å². The normalized spacial score (nSPS) is 13.8. The first-order valence-corrected chi connectivity index (χ1v) is 15.5. The summed E-state index contributed by atoms with van der Waals surface area (Å²) in [5.41, 5.74) is 1.11. The van der Waals surface area contributed by atoms with Gasteiger partial charge in [-0.05, 0) is 65.4 Å². The number of unbranched alkanes of at least 4 members (excludes halogenated alkanes) is 5. The van der Waals surface area contributed by atoms with Crippen molar-refractivity contribution in [2.24, 2.45) is 5.92 Å². The molecule has 2 N–H and O–H groups in total. The lowest BCUT2D eigenvalue weighted by Crippen LogP contribution is -2.54. The van der Waals surface area contributed by atoms with Gasteiger partial charge in [0.1, 0.15) is 17.7 Å². The summed E-state index contributed by atoms with van der Waals surface area (Å²) in [6, 6.07) is 6.21. The van der Waals surface area contributed by atoms with E-state index in [0.29, 0.717) is 13.0 Å². The van der Waals surface area contributed by atoms with Crippen LogP contribution in [0.25, 0.3) is 0 Å². The average Bonchev–Trinajstić information content (AvgIpc) is 2.83. The topological polar surface area (TPSA) is 87.7 Å². The predicted octanol–water partition coefficient (Wildman–Crippen LogP) is 7.47. The second-order valence-electron chi connectivity index (χ2n) is 12.6. The molecule has 0 saturated heterocycles. The molecule has 7 heteroatoms. The van der Waals surface area contributed by atoms with Crippen LogP contribution in [0.4, 0.5) is 4.79 Å². The highest BCUT2D eigenvalue weighted by molar-refractivity contribution is 5.92. The number of rotatable bonds is 17. The summed E-state index contributed by atoms with van der Waals surface area (Å²) in [6.07, 6.45) is 8.02. The Morgan fingerprint density at radius 1 is 0.925 bits per heavy atom. The molecule has 40 heavy (non-hydrogen) atoms. The molecule has 0 radical (unpaired) electrons. The molecule has 1 rings (SSSR count). The Kier molecular flexibility index (Phi) is 15.9. The number of hydrogen-bond acceptors (Lipinski definition) is 4. The molecule has 0 aliphatic carbocycles. The summed E-state index contributed by atoms with van der Waals surface area (Å²) in [6.45, 7) is 18.1. The largest absolute Gasteiger partial charge is 0.444 e. The summed E-state index contributed by atoms with van der Waals surface area (Å²) in [5, 5.41) is 6.00. The van der Waals surface area contributed by atoms with Crippen LogP contribution in [0, 0.1) is 12.8 Å². The lowest BCUT2D eigenvalue weighted by atomic mass is 9.97. The van der Waals surface area contributed by atoms with Crippen LogP contribution in [0.5, 0.6) is 0 Å². The Bertz CT molecular complexity index is 909. The van der Waals surface area contributed by atoms with Gasteiger partial charge in [0, 0.05) is 12.6 Å². The van der Waals surface area contributed by atoms with E-state index in [9.17, 15) is 14.4 Å². The van der Waals surface area contributed by atoms with Crippen molar-refractivity contribution < 1.29 is 19.1 Å². The third-order valence-corrected chi connectivity index (χ3v) is 6.76. The monoisotopic (exact) mass is 559 g/mol. The van der Waals surface area contributed by atoms with E-state index in [-0.39, 0.29) is 23.8 Å². The molecule has 228 valence electrons. The predicted molar refractivity (Wildman–Crippen MR) is 164 cm³/mol. The van der Waals surface area contributed by atoms with Gasteiger partial charge in [-0.3, -0.25) is 9.59 Å². The molecule has 0 spiro atoms. The SMILES string of the molecule is CCCCCCCCN(C(=O)C(CC(C)C)NC(=O)OC(C)(C)C)C(C(=O)NC(C)CCC)c1cccc(C)c1. The van der Waals surface area contributed by atoms with Crippen molar-refractivity contribution >= 4 is 17.9 Å². The first kappa shape index (κ1) is 35.5. The van der Waals surface area contributed by atoms with Gasteiger partial charge in [0.05, 0.1) is 0 Å². The lowest BCUT2D eigenvalue weighted by molar-refractivity contribution is -0.143. The fourth-order valence-electron chi connectivity index (χ4n) is 4.91. The van der Waals surface area contributed by atoms with Crippen molar-refractivity contribution in [1.82, 2.24) is 15.5 Å². The second kappa shape index (κ2) is 18.0. The third-order valence-electron chi connectivity index (χ3n) is 6.76. The van der Waals surface area contributed by atoms with Crippen LogP contribution in [0.15, 0.2) is 24.3 Å². The number of nitrogens with one attached hydrogen (secondary N) is 2. The van der Waals surface area contributed by atoms with Crippen molar-refractivity contribution in [1.29, 1.82) is 0 Å². The molecule has 0 aliphatic rings. The smallest absolute Gasteiger partial charge is 0.408 e. The number of alkyl carbamates (subject to hydrolysis) is 1. The van der Waals surface area contributed by atoms with Gasteiger partial charge in [0.2, 0.25) is 11.8 Å². The third kappa shape index (κ3) is 13.7. The van der Waals surface area contributed by atoms with E-state index >= 15 is 0 Å². The Hall–Kier alpha value is -2.57. The van der Waals surface area contributed by atoms with E-state index in [1.807, 2.05) is 52.0 Å². The summed E-state index contributed by atoms with van der Waals surface area (Å²) < 4.78 is 5.50. The number of nitrogens with zero attached hydrogens (tertiary/aromatic N) is 1. The minimum Gasteiger partial charge on any atom is -0.444 e. The molecular weight excluding hydrogens is 502 g/mol. The molecule has 7 nitrogen and oxygen atoms in total. The highest BCUT2D eigenvalue weighted by Crippen LogP contribution is 2.26. The Morgan fingerprint density at radius 3 is 2.15 bits per heavy atom. The van der Waals surface area contributed by atoms with Gasteiger partial charge in [0.25, 0.3) is 0 Å². The van der Waals surface area contributed by atoms with Gasteiger partial charge < -0.3 is 20.3 Å². The highest BCUT2D eigenvalue weighted by Gasteiger charge is 2.36. The van der Waals surface area contributed by atoms with Gasteiger partial charge in [-0.1, -0.05) is 96.0 Å². The van der Waals surface area contributed by atoms with Crippen molar-refractivity contribution in [2.45, 2.75) is 144 Å². The van der Waals surface area contributed by atoms with Crippen LogP contribution in [-0.4, -0.2) is 47.0 Å². The summed E-state index contributed by atoms with van der Waals surface area (Å²) in [5.74, 6) is -0.292. The Balaban J connectivity index is 3.46. The number of amides is 3. The van der Waals surface area contributed by atoms with Crippen LogP contribution in [0.2, 0.25) is 0 Å². The maximum Gasteiger partial charge on any atom is 0.408 e. The average molecular weight is 560 g/mol. The molecule has 0 aromatic heterocycles. The van der Waals surface area contributed by atoms with E-state index < -0.39 is 23.8 Å². The zero-order valence-corrected chi connectivity index (χ0v) is 26.8. The van der Waals surface area contributed by atoms with E-state index in [1.165, 1.54) is 12.8 Å². The molecule has 0 aliphatic heterocycles. The number of hydrogen-bond donors (Lipinski definition) is 2. The number of aryl methyl sites for hydroxylation is 1. The number of carbonyl (C=O) groups is 3. The van der Waals surface area contributed by atoms with Crippen LogP contribution < -0.4 is 10.6 Å². The Labute approximate surface area is 244 Å². The molecule has 1 aromatic rings. The fraction of sp³-hybridized carbons (Fsp3) is 0.727. The fourth-order valence-corrected chi connectivity index (χ4v) is 4.91. The molecule has 0 heterocycles. The molecule has 3 unspecified atom stereocenters. The number of ether oxygens (including phenoxy) is 1. The van der Waals surface area contributed by atoms with Crippen molar-refractivity contribution in [3.63, 3.8) is 0 Å². The van der Waals surface area contributed by atoms with Crippen molar-refractivity contribution in [3.8, 4) is 0 Å². The number of benzene rings is 1. The minimum absolute atomic E-state index is 0.0119. The Morgan fingerprint density at radius 2 is 1.57 bits per heavy atom. The zero-order valence-electron chi connectivity index (χ0n) is 26.8. The van der Waals surface area contributed by atoms with Crippen LogP contribution in [-0.2, 0) is 14.3 Å². The second-order valence-corrected chi connectivity index (χ2v) is 12.6. The van der Waals surface area contributed by atoms with Crippen LogP contribution in [0.3, 0.4) is 0 Å². The molecule has 3 atom stereocenters. The molecule has 0 bridgehead atoms. The molecule has 0 fully saturated rings. The first-order valence-electron chi connectivity index (χ1n) is 15.5. The van der Waals surface area contributed by atoms with E-state index in [2.05, 4.69) is 24.5 Å². The highest BCUT2D eigenvalue weighted by atomic mass is 16.6. The van der Waals surface area contributed by atoms with E-state index in [1.54, 1.807) is 25.7 Å². The molecule has 3 amide bonds. The standard InChI is InChI=1S/C33H57N3O4/c1-10-12-13-14-15-16-21-36(31(38)28(22-24(3)4)35-32(39)40-33(7,8)9)29(27-20-17-19-25(5)23-27)30(37)34-26(6)18-11-2/h17,19-20,23-24,26,28-29H,10-16,18,21-22H2,1-9H3,(H,34,37)(H,35,39). The quantitative estimate of drug-likeness (QED) is 0.194.